The topological polar surface area (TPSA) is 63.2 Å². The second-order valence-corrected chi connectivity index (χ2v) is 27.5. The molecule has 3 heterocycles. The first kappa shape index (κ1) is 42.6. The monoisotopic (exact) mass is 726 g/mol. The van der Waals surface area contributed by atoms with E-state index in [0.717, 1.165) is 32.1 Å². The molecule has 0 N–H and O–H groups in total. The fraction of sp³-hybridized carbons (Fsp3) is 0.690. The Morgan fingerprint density at radius 2 is 1.60 bits per heavy atom. The van der Waals surface area contributed by atoms with Crippen molar-refractivity contribution in [3.63, 3.8) is 0 Å². The van der Waals surface area contributed by atoms with Crippen LogP contribution in [0.1, 0.15) is 100 Å². The zero-order valence-electron chi connectivity index (χ0n) is 33.6. The fourth-order valence-corrected chi connectivity index (χ4v) is 8.64. The molecule has 0 aromatic carbocycles. The average Bonchev–Trinajstić information content (AvgIpc) is 2.97. The van der Waals surface area contributed by atoms with Gasteiger partial charge in [-0.15, -0.1) is 0 Å². The quantitative estimate of drug-likeness (QED) is 0.148. The van der Waals surface area contributed by atoms with Crippen LogP contribution in [0.5, 0.6) is 0 Å². The summed E-state index contributed by atoms with van der Waals surface area (Å²) in [5.74, 6) is 0.0697. The molecule has 0 saturated carbocycles. The molecule has 8 heteroatoms. The van der Waals surface area contributed by atoms with Gasteiger partial charge in [0.1, 0.15) is 12.2 Å². The predicted molar refractivity (Wildman–Crippen MR) is 213 cm³/mol. The first-order valence-corrected chi connectivity index (χ1v) is 24.8. The lowest BCUT2D eigenvalue weighted by molar-refractivity contribution is -0.146. The maximum atomic E-state index is 13.5. The number of carbonyl (C=O) groups excluding carboxylic acids is 1. The lowest BCUT2D eigenvalue weighted by atomic mass is 9.91. The summed E-state index contributed by atoms with van der Waals surface area (Å²) >= 11 is 0. The Labute approximate surface area is 307 Å². The van der Waals surface area contributed by atoms with Gasteiger partial charge >= 0.3 is 5.97 Å². The average molecular weight is 727 g/mol. The summed E-state index contributed by atoms with van der Waals surface area (Å²) in [7, 11) is -4.36. The van der Waals surface area contributed by atoms with E-state index in [-0.39, 0.29) is 40.5 Å². The number of hydrogen-bond acceptors (Lipinski definition) is 6. The van der Waals surface area contributed by atoms with E-state index in [0.29, 0.717) is 25.4 Å². The van der Waals surface area contributed by atoms with Gasteiger partial charge in [0.05, 0.1) is 31.0 Å². The second kappa shape index (κ2) is 18.3. The number of esters is 1. The maximum Gasteiger partial charge on any atom is 0.330 e. The number of hydrogen-bond donors (Lipinski definition) is 0. The minimum Gasteiger partial charge on any atom is -0.456 e. The SMILES string of the molecule is C=C1C[C@H](C)C[C@@H]2CC=C[C@@H](CC=CC(=O)O[C@H]([C@H](C=C[C@@H]3CC(C)=CCO3)O[Si](C)(C)C(C)(C)C)CC=C[C@@H](O[Si](C)(C)C(C)(C)C)C1)O2. The van der Waals surface area contributed by atoms with Crippen LogP contribution in [-0.4, -0.2) is 65.8 Å². The number of rotatable bonds is 7. The van der Waals surface area contributed by atoms with Crippen LogP contribution >= 0.6 is 0 Å². The molecule has 7 atom stereocenters. The van der Waals surface area contributed by atoms with Crippen LogP contribution in [0.3, 0.4) is 0 Å². The lowest BCUT2D eigenvalue weighted by Gasteiger charge is -2.40. The predicted octanol–water partition coefficient (Wildman–Crippen LogP) is 11.0. The number of carbonyl (C=O) groups is 1. The summed E-state index contributed by atoms with van der Waals surface area (Å²) in [6.45, 7) is 32.2. The van der Waals surface area contributed by atoms with Crippen molar-refractivity contribution in [1.29, 1.82) is 0 Å². The fourth-order valence-electron chi connectivity index (χ4n) is 6.10. The van der Waals surface area contributed by atoms with Gasteiger partial charge in [-0.1, -0.05) is 115 Å². The van der Waals surface area contributed by atoms with Gasteiger partial charge in [0, 0.05) is 12.5 Å². The number of fused-ring (bicyclic) bond motifs is 2. The minimum absolute atomic E-state index is 0.0278. The van der Waals surface area contributed by atoms with Crippen molar-refractivity contribution in [1.82, 2.24) is 0 Å². The Bertz CT molecular complexity index is 1280. The molecule has 0 aromatic rings. The van der Waals surface area contributed by atoms with E-state index in [2.05, 4.69) is 131 Å². The molecule has 0 spiro atoms. The summed E-state index contributed by atoms with van der Waals surface area (Å²) in [4.78, 5) is 13.5. The molecule has 0 amide bonds. The molecule has 0 saturated heterocycles. The Morgan fingerprint density at radius 1 is 0.920 bits per heavy atom. The Balaban J connectivity index is 2.02. The lowest BCUT2D eigenvalue weighted by Crippen LogP contribution is -2.47. The molecule has 0 radical (unpaired) electrons. The van der Waals surface area contributed by atoms with E-state index in [9.17, 15) is 4.79 Å². The molecule has 0 aliphatic carbocycles. The summed E-state index contributed by atoms with van der Waals surface area (Å²) in [5, 5.41) is 0.0376. The van der Waals surface area contributed by atoms with Crippen molar-refractivity contribution in [2.45, 2.75) is 173 Å². The Morgan fingerprint density at radius 3 is 2.26 bits per heavy atom. The molecule has 3 aliphatic rings. The highest BCUT2D eigenvalue weighted by Crippen LogP contribution is 2.40. The summed E-state index contributed by atoms with van der Waals surface area (Å²) in [5.41, 5.74) is 2.51. The maximum absolute atomic E-state index is 13.5. The van der Waals surface area contributed by atoms with Gasteiger partial charge in [0.2, 0.25) is 0 Å². The van der Waals surface area contributed by atoms with Gasteiger partial charge in [0.25, 0.3) is 0 Å². The molecule has 0 unspecified atom stereocenters. The number of cyclic esters (lactones) is 1. The third-order valence-corrected chi connectivity index (χ3v) is 20.1. The van der Waals surface area contributed by atoms with Crippen molar-refractivity contribution in [3.8, 4) is 0 Å². The molecule has 3 rings (SSSR count). The molecule has 2 bridgehead atoms. The highest BCUT2D eigenvalue weighted by atomic mass is 28.4. The van der Waals surface area contributed by atoms with Crippen molar-refractivity contribution in [2.75, 3.05) is 6.61 Å². The molecule has 0 aromatic heterocycles. The molecular formula is C42H70O6Si2. The molecule has 0 fully saturated rings. The van der Waals surface area contributed by atoms with Crippen LogP contribution in [-0.2, 0) is 27.9 Å². The van der Waals surface area contributed by atoms with E-state index in [1.807, 2.05) is 6.08 Å². The Hall–Kier alpha value is -1.82. The third kappa shape index (κ3) is 13.6. The molecule has 3 aliphatic heterocycles. The second-order valence-electron chi connectivity index (χ2n) is 18.0. The highest BCUT2D eigenvalue weighted by Gasteiger charge is 2.41. The summed E-state index contributed by atoms with van der Waals surface area (Å²) < 4.78 is 32.9. The normalized spacial score (nSPS) is 29.3. The molecule has 6 nitrogen and oxygen atoms in total. The third-order valence-electron chi connectivity index (χ3n) is 11.2. The van der Waals surface area contributed by atoms with Crippen molar-refractivity contribution in [2.24, 2.45) is 5.92 Å². The highest BCUT2D eigenvalue weighted by molar-refractivity contribution is 6.74. The first-order chi connectivity index (χ1) is 23.1. The van der Waals surface area contributed by atoms with E-state index in [4.69, 9.17) is 23.1 Å². The summed E-state index contributed by atoms with van der Waals surface area (Å²) in [6, 6.07) is 0. The van der Waals surface area contributed by atoms with Crippen molar-refractivity contribution >= 4 is 22.6 Å². The smallest absolute Gasteiger partial charge is 0.330 e. The summed E-state index contributed by atoms with van der Waals surface area (Å²) in [6.07, 6.45) is 22.9. The van der Waals surface area contributed by atoms with E-state index >= 15 is 0 Å². The van der Waals surface area contributed by atoms with Crippen LogP contribution in [0.25, 0.3) is 0 Å². The van der Waals surface area contributed by atoms with Gasteiger partial charge < -0.3 is 23.1 Å². The van der Waals surface area contributed by atoms with Gasteiger partial charge in [-0.2, -0.15) is 0 Å². The Kier molecular flexibility index (Phi) is 15.6. The largest absolute Gasteiger partial charge is 0.456 e. The van der Waals surface area contributed by atoms with Crippen LogP contribution in [0.4, 0.5) is 0 Å². The van der Waals surface area contributed by atoms with Crippen LogP contribution in [0.2, 0.25) is 36.3 Å². The van der Waals surface area contributed by atoms with Gasteiger partial charge in [-0.05, 0) is 87.6 Å². The van der Waals surface area contributed by atoms with Crippen LogP contribution < -0.4 is 0 Å². The minimum atomic E-state index is -2.27. The zero-order valence-corrected chi connectivity index (χ0v) is 35.6. The van der Waals surface area contributed by atoms with Crippen LogP contribution in [0.15, 0.2) is 72.4 Å². The van der Waals surface area contributed by atoms with Crippen molar-refractivity contribution < 1.29 is 27.9 Å². The number of ether oxygens (including phenoxy) is 3. The van der Waals surface area contributed by atoms with E-state index < -0.39 is 28.8 Å². The van der Waals surface area contributed by atoms with Crippen LogP contribution in [0, 0.1) is 5.92 Å². The zero-order chi connectivity index (χ0) is 37.3. The molecule has 50 heavy (non-hydrogen) atoms. The van der Waals surface area contributed by atoms with E-state index in [1.165, 1.54) is 11.1 Å². The van der Waals surface area contributed by atoms with Crippen molar-refractivity contribution in [3.05, 3.63) is 72.4 Å². The van der Waals surface area contributed by atoms with Gasteiger partial charge in [0.15, 0.2) is 16.6 Å². The first-order valence-electron chi connectivity index (χ1n) is 19.0. The molecule has 282 valence electrons. The molecular weight excluding hydrogens is 657 g/mol. The van der Waals surface area contributed by atoms with Gasteiger partial charge in [-0.25, -0.2) is 4.79 Å². The van der Waals surface area contributed by atoms with Gasteiger partial charge in [-0.3, -0.25) is 0 Å². The standard InChI is InChI=1S/C42H70O6Si2/c1-31-25-26-44-35(28-31)23-24-39(48-50(12,13)42(7,8)9)38-21-15-20-37(47-49(10,11)41(4,5)6)30-33(3)27-32(2)29-36-19-14-17-34(45-36)18-16-22-40(43)46-38/h14-17,20,22-25,32,34-39H,3,18-19,21,26-30H2,1-2,4-13H3/t32-,34-,35+,36-,37+,38-,39-/m0/s1. The van der Waals surface area contributed by atoms with E-state index in [1.54, 1.807) is 6.08 Å².